The lowest BCUT2D eigenvalue weighted by Crippen LogP contribution is -2.53. The van der Waals surface area contributed by atoms with Crippen molar-refractivity contribution in [1.29, 1.82) is 0 Å². The van der Waals surface area contributed by atoms with Gasteiger partial charge in [0, 0.05) is 36.5 Å². The van der Waals surface area contributed by atoms with Gasteiger partial charge in [-0.15, -0.1) is 11.8 Å². The number of nitrogens with zero attached hydrogens (tertiary/aromatic N) is 2. The molecule has 0 N–H and O–H groups in total. The van der Waals surface area contributed by atoms with Gasteiger partial charge in [0.25, 0.3) is 11.8 Å². The van der Waals surface area contributed by atoms with E-state index in [0.29, 0.717) is 38.0 Å². The molecular formula is C22H21F3N2O2S. The minimum atomic E-state index is -4.42. The van der Waals surface area contributed by atoms with E-state index in [2.05, 4.69) is 0 Å². The van der Waals surface area contributed by atoms with Gasteiger partial charge in [0.2, 0.25) is 0 Å². The fourth-order valence-electron chi connectivity index (χ4n) is 4.09. The highest BCUT2D eigenvalue weighted by molar-refractivity contribution is 8.00. The summed E-state index contributed by atoms with van der Waals surface area (Å²) < 4.78 is 38.2. The summed E-state index contributed by atoms with van der Waals surface area (Å²) in [5, 5.41) is 0. The molecule has 0 aromatic heterocycles. The third-order valence-corrected chi connectivity index (χ3v) is 7.29. The number of halogens is 3. The van der Waals surface area contributed by atoms with Gasteiger partial charge in [0.1, 0.15) is 0 Å². The Morgan fingerprint density at radius 2 is 1.43 bits per heavy atom. The monoisotopic (exact) mass is 434 g/mol. The van der Waals surface area contributed by atoms with E-state index in [0.717, 1.165) is 17.9 Å². The van der Waals surface area contributed by atoms with Crippen LogP contribution >= 0.6 is 11.8 Å². The molecule has 30 heavy (non-hydrogen) atoms. The zero-order valence-corrected chi connectivity index (χ0v) is 17.0. The summed E-state index contributed by atoms with van der Waals surface area (Å²) in [6, 6.07) is 13.5. The molecular weight excluding hydrogens is 413 g/mol. The molecule has 2 aliphatic rings. The number of benzene rings is 2. The summed E-state index contributed by atoms with van der Waals surface area (Å²) in [7, 11) is 0. The van der Waals surface area contributed by atoms with Gasteiger partial charge in [-0.2, -0.15) is 13.2 Å². The van der Waals surface area contributed by atoms with Crippen molar-refractivity contribution in [3.63, 3.8) is 0 Å². The number of rotatable bonds is 2. The van der Waals surface area contributed by atoms with Crippen LogP contribution < -0.4 is 0 Å². The van der Waals surface area contributed by atoms with Crippen molar-refractivity contribution in [1.82, 2.24) is 9.80 Å². The molecule has 0 atom stereocenters. The zero-order chi connectivity index (χ0) is 21.4. The lowest BCUT2D eigenvalue weighted by Gasteiger charge is -2.44. The van der Waals surface area contributed by atoms with Crippen molar-refractivity contribution in [2.75, 3.05) is 25.4 Å². The van der Waals surface area contributed by atoms with Crippen LogP contribution in [0.1, 0.15) is 39.1 Å². The van der Waals surface area contributed by atoms with E-state index in [1.807, 2.05) is 35.2 Å². The lowest BCUT2D eigenvalue weighted by molar-refractivity contribution is -0.137. The van der Waals surface area contributed by atoms with E-state index in [4.69, 9.17) is 0 Å². The Balaban J connectivity index is 1.44. The molecule has 2 heterocycles. The van der Waals surface area contributed by atoms with Crippen LogP contribution in [0.4, 0.5) is 13.2 Å². The van der Waals surface area contributed by atoms with Crippen LogP contribution in [0.15, 0.2) is 54.6 Å². The van der Waals surface area contributed by atoms with E-state index >= 15 is 0 Å². The van der Waals surface area contributed by atoms with Gasteiger partial charge in [-0.05, 0) is 49.2 Å². The maximum atomic E-state index is 13.0. The second kappa shape index (κ2) is 7.98. The molecule has 1 spiro atoms. The van der Waals surface area contributed by atoms with Crippen molar-refractivity contribution >= 4 is 23.6 Å². The van der Waals surface area contributed by atoms with Gasteiger partial charge < -0.3 is 9.80 Å². The van der Waals surface area contributed by atoms with E-state index in [1.165, 1.54) is 12.1 Å². The second-order valence-electron chi connectivity index (χ2n) is 7.48. The smallest absolute Gasteiger partial charge is 0.338 e. The molecule has 2 aromatic carbocycles. The number of piperidine rings is 1. The number of hydrogen-bond donors (Lipinski definition) is 0. The summed E-state index contributed by atoms with van der Waals surface area (Å²) in [5.74, 6) is 0.580. The van der Waals surface area contributed by atoms with Crippen LogP contribution in [-0.4, -0.2) is 51.9 Å². The normalized spacial score (nSPS) is 18.6. The molecule has 2 saturated heterocycles. The maximum absolute atomic E-state index is 13.0. The van der Waals surface area contributed by atoms with Crippen LogP contribution in [0, 0.1) is 0 Å². The molecule has 0 bridgehead atoms. The quantitative estimate of drug-likeness (QED) is 0.698. The minimum absolute atomic E-state index is 0.00289. The summed E-state index contributed by atoms with van der Waals surface area (Å²) in [4.78, 5) is 29.0. The van der Waals surface area contributed by atoms with Gasteiger partial charge >= 0.3 is 6.18 Å². The SMILES string of the molecule is O=C(c1ccc(C(F)(F)F)cc1)N1CCC2(CC1)SCCN2C(=O)c1ccccc1. The first kappa shape index (κ1) is 20.8. The third-order valence-electron chi connectivity index (χ3n) is 5.73. The summed E-state index contributed by atoms with van der Waals surface area (Å²) in [5.41, 5.74) is 0.131. The van der Waals surface area contributed by atoms with E-state index in [-0.39, 0.29) is 22.2 Å². The van der Waals surface area contributed by atoms with Crippen molar-refractivity contribution in [3.8, 4) is 0 Å². The van der Waals surface area contributed by atoms with Crippen LogP contribution in [0.3, 0.4) is 0 Å². The average Bonchev–Trinajstić information content (AvgIpc) is 3.16. The molecule has 8 heteroatoms. The first-order chi connectivity index (χ1) is 14.3. The van der Waals surface area contributed by atoms with Gasteiger partial charge in [-0.3, -0.25) is 9.59 Å². The molecule has 2 fully saturated rings. The molecule has 0 saturated carbocycles. The highest BCUT2D eigenvalue weighted by Crippen LogP contribution is 2.44. The fraction of sp³-hybridized carbons (Fsp3) is 0.364. The number of hydrogen-bond acceptors (Lipinski definition) is 3. The van der Waals surface area contributed by atoms with Crippen molar-refractivity contribution in [2.24, 2.45) is 0 Å². The van der Waals surface area contributed by atoms with E-state index < -0.39 is 11.7 Å². The molecule has 4 nitrogen and oxygen atoms in total. The highest BCUT2D eigenvalue weighted by atomic mass is 32.2. The van der Waals surface area contributed by atoms with Gasteiger partial charge in [-0.25, -0.2) is 0 Å². The number of thioether (sulfide) groups is 1. The third kappa shape index (κ3) is 3.93. The molecule has 4 rings (SSSR count). The molecule has 0 aliphatic carbocycles. The largest absolute Gasteiger partial charge is 0.416 e. The van der Waals surface area contributed by atoms with Crippen LogP contribution in [0.2, 0.25) is 0 Å². The van der Waals surface area contributed by atoms with Crippen molar-refractivity contribution < 1.29 is 22.8 Å². The average molecular weight is 434 g/mol. The Hall–Kier alpha value is -2.48. The van der Waals surface area contributed by atoms with Crippen LogP contribution in [-0.2, 0) is 6.18 Å². The Morgan fingerprint density at radius 1 is 0.833 bits per heavy atom. The predicted molar refractivity (Wildman–Crippen MR) is 109 cm³/mol. The van der Waals surface area contributed by atoms with Gasteiger partial charge in [-0.1, -0.05) is 18.2 Å². The molecule has 2 aliphatic heterocycles. The first-order valence-corrected chi connectivity index (χ1v) is 10.8. The summed E-state index contributed by atoms with van der Waals surface area (Å²) in [6.07, 6.45) is -3.14. The topological polar surface area (TPSA) is 40.6 Å². The number of amides is 2. The first-order valence-electron chi connectivity index (χ1n) is 9.78. The van der Waals surface area contributed by atoms with Crippen molar-refractivity contribution in [2.45, 2.75) is 23.9 Å². The van der Waals surface area contributed by atoms with E-state index in [9.17, 15) is 22.8 Å². The van der Waals surface area contributed by atoms with Crippen molar-refractivity contribution in [3.05, 3.63) is 71.3 Å². The minimum Gasteiger partial charge on any atom is -0.338 e. The van der Waals surface area contributed by atoms with Gasteiger partial charge in [0.05, 0.1) is 10.4 Å². The predicted octanol–water partition coefficient (Wildman–Crippen LogP) is 4.53. The molecule has 158 valence electrons. The van der Waals surface area contributed by atoms with Gasteiger partial charge in [0.15, 0.2) is 0 Å². The summed E-state index contributed by atoms with van der Waals surface area (Å²) in [6.45, 7) is 1.60. The standard InChI is InChI=1S/C22H21F3N2O2S/c23-22(24,25)18-8-6-17(7-9-18)19(28)26-12-10-21(11-13-26)27(14-15-30-21)20(29)16-4-2-1-3-5-16/h1-9H,10-15H2. The molecule has 0 radical (unpaired) electrons. The highest BCUT2D eigenvalue weighted by Gasteiger charge is 2.47. The Kier molecular flexibility index (Phi) is 5.53. The molecule has 0 unspecified atom stereocenters. The Morgan fingerprint density at radius 3 is 2.03 bits per heavy atom. The number of likely N-dealkylation sites (tertiary alicyclic amines) is 1. The van der Waals surface area contributed by atoms with Crippen LogP contribution in [0.25, 0.3) is 0 Å². The lowest BCUT2D eigenvalue weighted by atomic mass is 10.00. The maximum Gasteiger partial charge on any atom is 0.416 e. The van der Waals surface area contributed by atoms with E-state index in [1.54, 1.807) is 16.7 Å². The zero-order valence-electron chi connectivity index (χ0n) is 16.2. The Labute approximate surface area is 177 Å². The number of carbonyl (C=O) groups excluding carboxylic acids is 2. The van der Waals surface area contributed by atoms with Crippen LogP contribution in [0.5, 0.6) is 0 Å². The molecule has 2 aromatic rings. The summed E-state index contributed by atoms with van der Waals surface area (Å²) >= 11 is 1.75. The number of alkyl halides is 3. The number of carbonyl (C=O) groups is 2. The Bertz CT molecular complexity index is 924. The molecule has 2 amide bonds. The fourth-order valence-corrected chi connectivity index (χ4v) is 5.54. The second-order valence-corrected chi connectivity index (χ2v) is 8.94.